The number of hydrogen-bond acceptors (Lipinski definition) is 4. The molecule has 0 aliphatic heterocycles. The number of rotatable bonds is 8. The molecule has 0 radical (unpaired) electrons. The monoisotopic (exact) mass is 310 g/mol. The summed E-state index contributed by atoms with van der Waals surface area (Å²) in [4.78, 5) is 21.1. The largest absolute Gasteiger partial charge is 0.229 e. The molecule has 0 aromatic rings. The molecule has 0 spiro atoms. The van der Waals surface area contributed by atoms with Crippen molar-refractivity contribution in [1.29, 1.82) is 0 Å². The van der Waals surface area contributed by atoms with Crippen molar-refractivity contribution in [2.75, 3.05) is 0 Å². The summed E-state index contributed by atoms with van der Waals surface area (Å²) in [5, 5.41) is 0. The Morgan fingerprint density at radius 2 is 1.05 bits per heavy atom. The van der Waals surface area contributed by atoms with E-state index in [0.29, 0.717) is 0 Å². The molecular formula is C18H30O4. The summed E-state index contributed by atoms with van der Waals surface area (Å²) in [5.41, 5.74) is -0.624. The van der Waals surface area contributed by atoms with E-state index in [0.717, 1.165) is 12.8 Å². The SMILES string of the molecule is CCC(C)(C)OOC(C)C#CC#CC(C)OOC(C)(C)CC. The van der Waals surface area contributed by atoms with Crippen molar-refractivity contribution in [3.05, 3.63) is 0 Å². The standard InChI is InChI=1S/C18H30O4/c1-9-17(5,6)21-19-15(3)13-11-12-14-16(4)20-22-18(7,8)10-2/h15-16H,9-10H2,1-8H3. The summed E-state index contributed by atoms with van der Waals surface area (Å²) < 4.78 is 0. The van der Waals surface area contributed by atoms with Crippen LogP contribution in [0.5, 0.6) is 0 Å². The minimum Gasteiger partial charge on any atom is -0.229 e. The van der Waals surface area contributed by atoms with Crippen molar-refractivity contribution >= 4 is 0 Å². The summed E-state index contributed by atoms with van der Waals surface area (Å²) in [5.74, 6) is 11.2. The summed E-state index contributed by atoms with van der Waals surface area (Å²) in [6, 6.07) is 0. The molecule has 2 unspecified atom stereocenters. The molecule has 0 aromatic carbocycles. The molecule has 0 aliphatic rings. The van der Waals surface area contributed by atoms with Crippen molar-refractivity contribution in [2.24, 2.45) is 0 Å². The van der Waals surface area contributed by atoms with Crippen molar-refractivity contribution in [1.82, 2.24) is 0 Å². The van der Waals surface area contributed by atoms with Gasteiger partial charge in [0.15, 0.2) is 12.2 Å². The smallest absolute Gasteiger partial charge is 0.151 e. The third-order valence-electron chi connectivity index (χ3n) is 3.15. The third-order valence-corrected chi connectivity index (χ3v) is 3.15. The summed E-state index contributed by atoms with van der Waals surface area (Å²) >= 11 is 0. The second-order valence-corrected chi connectivity index (χ2v) is 6.41. The van der Waals surface area contributed by atoms with Gasteiger partial charge in [-0.15, -0.1) is 0 Å². The molecule has 2 atom stereocenters. The molecule has 0 aliphatic carbocycles. The quantitative estimate of drug-likeness (QED) is 0.385. The molecule has 4 nitrogen and oxygen atoms in total. The molecule has 0 aromatic heterocycles. The van der Waals surface area contributed by atoms with Crippen LogP contribution in [0.15, 0.2) is 0 Å². The van der Waals surface area contributed by atoms with E-state index < -0.39 is 0 Å². The summed E-state index contributed by atoms with van der Waals surface area (Å²) in [6.07, 6.45) is 1.03. The molecule has 0 saturated carbocycles. The fourth-order valence-electron chi connectivity index (χ4n) is 0.846. The summed E-state index contributed by atoms with van der Waals surface area (Å²) in [6.45, 7) is 15.5. The van der Waals surface area contributed by atoms with Gasteiger partial charge in [0, 0.05) is 0 Å². The second kappa shape index (κ2) is 9.87. The molecular weight excluding hydrogens is 280 g/mol. The molecule has 4 heteroatoms. The maximum atomic E-state index is 5.31. The zero-order valence-electron chi connectivity index (χ0n) is 15.2. The Balaban J connectivity index is 4.19. The van der Waals surface area contributed by atoms with E-state index in [1.165, 1.54) is 0 Å². The van der Waals surface area contributed by atoms with Gasteiger partial charge in [-0.25, -0.2) is 19.6 Å². The van der Waals surface area contributed by atoms with Gasteiger partial charge in [0.25, 0.3) is 0 Å². The third kappa shape index (κ3) is 10.7. The first kappa shape index (κ1) is 21.0. The van der Waals surface area contributed by atoms with Crippen LogP contribution in [0.3, 0.4) is 0 Å². The van der Waals surface area contributed by atoms with Gasteiger partial charge < -0.3 is 0 Å². The molecule has 0 bridgehead atoms. The van der Waals surface area contributed by atoms with Crippen LogP contribution in [-0.2, 0) is 19.6 Å². The van der Waals surface area contributed by atoms with Crippen LogP contribution < -0.4 is 0 Å². The Kier molecular flexibility index (Phi) is 9.41. The van der Waals surface area contributed by atoms with Crippen LogP contribution in [-0.4, -0.2) is 23.4 Å². The fourth-order valence-corrected chi connectivity index (χ4v) is 0.846. The highest BCUT2D eigenvalue weighted by Crippen LogP contribution is 2.15. The first-order chi connectivity index (χ1) is 10.1. The maximum Gasteiger partial charge on any atom is 0.151 e. The Hall–Kier alpha value is -1.04. The minimum absolute atomic E-state index is 0.312. The first-order valence-electron chi connectivity index (χ1n) is 7.82. The van der Waals surface area contributed by atoms with E-state index in [1.807, 2.05) is 55.4 Å². The topological polar surface area (TPSA) is 36.9 Å². The van der Waals surface area contributed by atoms with Gasteiger partial charge >= 0.3 is 0 Å². The van der Waals surface area contributed by atoms with Crippen LogP contribution in [0.1, 0.15) is 68.2 Å². The molecule has 0 saturated heterocycles. The van der Waals surface area contributed by atoms with Gasteiger partial charge in [-0.05, 0) is 66.2 Å². The van der Waals surface area contributed by atoms with E-state index in [4.69, 9.17) is 19.6 Å². The van der Waals surface area contributed by atoms with Gasteiger partial charge in [-0.1, -0.05) is 25.7 Å². The Labute approximate surface area is 135 Å². The first-order valence-corrected chi connectivity index (χ1v) is 7.82. The molecule has 22 heavy (non-hydrogen) atoms. The van der Waals surface area contributed by atoms with Crippen LogP contribution in [0.4, 0.5) is 0 Å². The fraction of sp³-hybridized carbons (Fsp3) is 0.778. The highest BCUT2D eigenvalue weighted by molar-refractivity contribution is 5.28. The van der Waals surface area contributed by atoms with Gasteiger partial charge in [-0.3, -0.25) is 0 Å². The Morgan fingerprint density at radius 3 is 1.32 bits per heavy atom. The van der Waals surface area contributed by atoms with Gasteiger partial charge in [0.1, 0.15) is 0 Å². The second-order valence-electron chi connectivity index (χ2n) is 6.41. The lowest BCUT2D eigenvalue weighted by Crippen LogP contribution is -2.25. The minimum atomic E-state index is -0.341. The molecule has 0 heterocycles. The number of hydrogen-bond donors (Lipinski definition) is 0. The van der Waals surface area contributed by atoms with Crippen LogP contribution in [0.25, 0.3) is 0 Å². The van der Waals surface area contributed by atoms with E-state index in [-0.39, 0.29) is 23.4 Å². The van der Waals surface area contributed by atoms with Crippen molar-refractivity contribution in [3.8, 4) is 23.7 Å². The van der Waals surface area contributed by atoms with Crippen LogP contribution >= 0.6 is 0 Å². The zero-order valence-corrected chi connectivity index (χ0v) is 15.2. The van der Waals surface area contributed by atoms with Crippen molar-refractivity contribution in [3.63, 3.8) is 0 Å². The maximum absolute atomic E-state index is 5.31. The lowest BCUT2D eigenvalue weighted by atomic mass is 10.1. The van der Waals surface area contributed by atoms with E-state index in [9.17, 15) is 0 Å². The van der Waals surface area contributed by atoms with E-state index in [1.54, 1.807) is 0 Å². The predicted molar refractivity (Wildman–Crippen MR) is 87.6 cm³/mol. The molecule has 0 fully saturated rings. The van der Waals surface area contributed by atoms with E-state index in [2.05, 4.69) is 23.7 Å². The normalized spacial score (nSPS) is 14.4. The summed E-state index contributed by atoms with van der Waals surface area (Å²) in [7, 11) is 0. The van der Waals surface area contributed by atoms with Crippen molar-refractivity contribution in [2.45, 2.75) is 91.6 Å². The highest BCUT2D eigenvalue weighted by Gasteiger charge is 2.18. The van der Waals surface area contributed by atoms with Crippen LogP contribution in [0, 0.1) is 23.7 Å². The lowest BCUT2D eigenvalue weighted by molar-refractivity contribution is -0.365. The average Bonchev–Trinajstić information content (AvgIpc) is 2.47. The zero-order chi connectivity index (χ0) is 17.2. The van der Waals surface area contributed by atoms with E-state index >= 15 is 0 Å². The average molecular weight is 310 g/mol. The van der Waals surface area contributed by atoms with Gasteiger partial charge in [0.2, 0.25) is 0 Å². The van der Waals surface area contributed by atoms with Gasteiger partial charge in [-0.2, -0.15) is 0 Å². The molecule has 0 N–H and O–H groups in total. The molecule has 126 valence electrons. The predicted octanol–water partition coefficient (Wildman–Crippen LogP) is 4.04. The lowest BCUT2D eigenvalue weighted by Gasteiger charge is -2.22. The Bertz CT molecular complexity index is 389. The Morgan fingerprint density at radius 1 is 0.727 bits per heavy atom. The van der Waals surface area contributed by atoms with Gasteiger partial charge in [0.05, 0.1) is 11.2 Å². The molecule has 0 rings (SSSR count). The van der Waals surface area contributed by atoms with Crippen molar-refractivity contribution < 1.29 is 19.6 Å². The van der Waals surface area contributed by atoms with Crippen LogP contribution in [0.2, 0.25) is 0 Å². The highest BCUT2D eigenvalue weighted by atomic mass is 17.2. The molecule has 0 amide bonds.